The summed E-state index contributed by atoms with van der Waals surface area (Å²) in [5.41, 5.74) is 1.01. The lowest BCUT2D eigenvalue weighted by atomic mass is 9.88. The molecular weight excluding hydrogens is 347 g/mol. The molecular formula is C14H19BrClFN2O. The highest BCUT2D eigenvalue weighted by Gasteiger charge is 2.28. The number of benzene rings is 1. The lowest BCUT2D eigenvalue weighted by molar-refractivity contribution is -0.126. The Kier molecular flexibility index (Phi) is 6.92. The topological polar surface area (TPSA) is 41.1 Å². The molecule has 0 spiro atoms. The molecule has 2 N–H and O–H groups in total. The van der Waals surface area contributed by atoms with Crippen molar-refractivity contribution < 1.29 is 9.18 Å². The summed E-state index contributed by atoms with van der Waals surface area (Å²) in [6.07, 6.45) is 0.709. The monoisotopic (exact) mass is 364 g/mol. The molecule has 0 saturated carbocycles. The Morgan fingerprint density at radius 1 is 1.55 bits per heavy atom. The first kappa shape index (κ1) is 17.4. The van der Waals surface area contributed by atoms with Crippen LogP contribution in [0, 0.1) is 17.7 Å². The summed E-state index contributed by atoms with van der Waals surface area (Å²) in [5, 5.41) is 6.11. The summed E-state index contributed by atoms with van der Waals surface area (Å²) in [7, 11) is 0. The summed E-state index contributed by atoms with van der Waals surface area (Å²) in [6, 6.07) is 4.93. The molecule has 1 fully saturated rings. The predicted molar refractivity (Wildman–Crippen MR) is 83.6 cm³/mol. The molecule has 1 aliphatic rings. The molecule has 0 aromatic heterocycles. The Balaban J connectivity index is 0.00000200. The number of carbonyl (C=O) groups excluding carboxylic acids is 1. The van der Waals surface area contributed by atoms with Crippen molar-refractivity contribution in [3.63, 3.8) is 0 Å². The van der Waals surface area contributed by atoms with Gasteiger partial charge in [-0.3, -0.25) is 4.79 Å². The van der Waals surface area contributed by atoms with Crippen LogP contribution in [-0.2, 0) is 11.2 Å². The fourth-order valence-electron chi connectivity index (χ4n) is 2.06. The Morgan fingerprint density at radius 2 is 2.25 bits per heavy atom. The highest BCUT2D eigenvalue weighted by atomic mass is 79.9. The second-order valence-corrected chi connectivity index (χ2v) is 5.85. The molecule has 2 rings (SSSR count). The zero-order valence-electron chi connectivity index (χ0n) is 11.3. The first-order valence-corrected chi connectivity index (χ1v) is 7.29. The zero-order valence-corrected chi connectivity index (χ0v) is 13.7. The van der Waals surface area contributed by atoms with Gasteiger partial charge in [-0.05, 0) is 59.1 Å². The molecule has 112 valence electrons. The van der Waals surface area contributed by atoms with Gasteiger partial charge in [-0.1, -0.05) is 13.0 Å². The molecule has 1 amide bonds. The van der Waals surface area contributed by atoms with Crippen LogP contribution in [0.4, 0.5) is 4.39 Å². The Hall–Kier alpha value is -0.650. The molecule has 1 aromatic carbocycles. The molecule has 0 aliphatic carbocycles. The maximum Gasteiger partial charge on any atom is 0.223 e. The molecule has 1 aromatic rings. The average molecular weight is 366 g/mol. The van der Waals surface area contributed by atoms with Crippen LogP contribution in [0.5, 0.6) is 0 Å². The minimum Gasteiger partial charge on any atom is -0.356 e. The number of carbonyl (C=O) groups is 1. The van der Waals surface area contributed by atoms with Crippen LogP contribution in [0.3, 0.4) is 0 Å². The predicted octanol–water partition coefficient (Wildman–Crippen LogP) is 2.52. The number of amides is 1. The zero-order chi connectivity index (χ0) is 13.8. The third-order valence-electron chi connectivity index (χ3n) is 3.63. The van der Waals surface area contributed by atoms with Gasteiger partial charge in [-0.25, -0.2) is 4.39 Å². The third-order valence-corrected chi connectivity index (χ3v) is 4.24. The van der Waals surface area contributed by atoms with Gasteiger partial charge in [0, 0.05) is 12.5 Å². The van der Waals surface area contributed by atoms with Gasteiger partial charge >= 0.3 is 0 Å². The second kappa shape index (κ2) is 7.96. The van der Waals surface area contributed by atoms with Crippen LogP contribution in [0.25, 0.3) is 0 Å². The molecule has 0 bridgehead atoms. The van der Waals surface area contributed by atoms with Gasteiger partial charge in [-0.15, -0.1) is 12.4 Å². The van der Waals surface area contributed by atoms with E-state index in [9.17, 15) is 9.18 Å². The van der Waals surface area contributed by atoms with E-state index in [1.165, 1.54) is 6.07 Å². The van der Waals surface area contributed by atoms with E-state index in [1.807, 2.05) is 6.92 Å². The normalized spacial score (nSPS) is 15.9. The van der Waals surface area contributed by atoms with E-state index >= 15 is 0 Å². The van der Waals surface area contributed by atoms with Gasteiger partial charge in [0.1, 0.15) is 5.82 Å². The van der Waals surface area contributed by atoms with Gasteiger partial charge < -0.3 is 10.6 Å². The van der Waals surface area contributed by atoms with Gasteiger partial charge in [0.05, 0.1) is 4.47 Å². The Morgan fingerprint density at radius 3 is 2.80 bits per heavy atom. The quantitative estimate of drug-likeness (QED) is 0.842. The fourth-order valence-corrected chi connectivity index (χ4v) is 2.49. The van der Waals surface area contributed by atoms with Crippen LogP contribution >= 0.6 is 28.3 Å². The second-order valence-electron chi connectivity index (χ2n) is 5.00. The molecule has 20 heavy (non-hydrogen) atoms. The number of hydrogen-bond donors (Lipinski definition) is 2. The van der Waals surface area contributed by atoms with E-state index in [2.05, 4.69) is 26.6 Å². The Labute approximate surface area is 133 Å². The van der Waals surface area contributed by atoms with E-state index in [1.54, 1.807) is 12.1 Å². The van der Waals surface area contributed by atoms with E-state index in [-0.39, 0.29) is 30.0 Å². The molecule has 0 radical (unpaired) electrons. The standard InChI is InChI=1S/C14H18BrFN2O.ClH/c1-9(11-7-17-8-11)14(19)18-5-4-10-2-3-13(16)12(15)6-10;/h2-3,6,9,11,17H,4-5,7-8H2,1H3,(H,18,19);1H. The maximum absolute atomic E-state index is 13.1. The largest absolute Gasteiger partial charge is 0.356 e. The summed E-state index contributed by atoms with van der Waals surface area (Å²) in [4.78, 5) is 11.9. The van der Waals surface area contributed by atoms with Crippen molar-refractivity contribution in [1.82, 2.24) is 10.6 Å². The van der Waals surface area contributed by atoms with Crippen molar-refractivity contribution in [2.24, 2.45) is 11.8 Å². The summed E-state index contributed by atoms with van der Waals surface area (Å²) < 4.78 is 13.5. The van der Waals surface area contributed by atoms with Crippen molar-refractivity contribution in [3.05, 3.63) is 34.1 Å². The first-order valence-electron chi connectivity index (χ1n) is 6.50. The smallest absolute Gasteiger partial charge is 0.223 e. The SMILES string of the molecule is CC(C(=O)NCCc1ccc(F)c(Br)c1)C1CNC1.Cl. The fraction of sp³-hybridized carbons (Fsp3) is 0.500. The molecule has 1 aliphatic heterocycles. The minimum atomic E-state index is -0.265. The van der Waals surface area contributed by atoms with Crippen molar-refractivity contribution in [1.29, 1.82) is 0 Å². The Bertz CT molecular complexity index is 468. The van der Waals surface area contributed by atoms with E-state index in [0.29, 0.717) is 23.4 Å². The van der Waals surface area contributed by atoms with Crippen LogP contribution in [0.2, 0.25) is 0 Å². The van der Waals surface area contributed by atoms with Gasteiger partial charge in [0.15, 0.2) is 0 Å². The van der Waals surface area contributed by atoms with Gasteiger partial charge in [-0.2, -0.15) is 0 Å². The summed E-state index contributed by atoms with van der Waals surface area (Å²) in [5.74, 6) is 0.354. The lowest BCUT2D eigenvalue weighted by Gasteiger charge is -2.31. The number of hydrogen-bond acceptors (Lipinski definition) is 2. The van der Waals surface area contributed by atoms with Crippen molar-refractivity contribution in [2.75, 3.05) is 19.6 Å². The first-order chi connectivity index (χ1) is 9.08. The van der Waals surface area contributed by atoms with E-state index in [4.69, 9.17) is 0 Å². The molecule has 1 unspecified atom stereocenters. The van der Waals surface area contributed by atoms with Crippen molar-refractivity contribution in [3.8, 4) is 0 Å². The van der Waals surface area contributed by atoms with Crippen molar-refractivity contribution in [2.45, 2.75) is 13.3 Å². The van der Waals surface area contributed by atoms with Gasteiger partial charge in [0.2, 0.25) is 5.91 Å². The third kappa shape index (κ3) is 4.43. The van der Waals surface area contributed by atoms with E-state index in [0.717, 1.165) is 18.7 Å². The summed E-state index contributed by atoms with van der Waals surface area (Å²) >= 11 is 3.16. The van der Waals surface area contributed by atoms with Gasteiger partial charge in [0.25, 0.3) is 0 Å². The minimum absolute atomic E-state index is 0. The number of rotatable bonds is 5. The summed E-state index contributed by atoms with van der Waals surface area (Å²) in [6.45, 7) is 4.41. The van der Waals surface area contributed by atoms with Crippen LogP contribution in [0.1, 0.15) is 12.5 Å². The highest BCUT2D eigenvalue weighted by molar-refractivity contribution is 9.10. The van der Waals surface area contributed by atoms with Crippen LogP contribution in [0.15, 0.2) is 22.7 Å². The van der Waals surface area contributed by atoms with Crippen LogP contribution in [-0.4, -0.2) is 25.5 Å². The molecule has 6 heteroatoms. The molecule has 1 saturated heterocycles. The molecule has 1 heterocycles. The molecule has 3 nitrogen and oxygen atoms in total. The maximum atomic E-state index is 13.1. The number of nitrogens with one attached hydrogen (secondary N) is 2. The van der Waals surface area contributed by atoms with Crippen LogP contribution < -0.4 is 10.6 Å². The highest BCUT2D eigenvalue weighted by Crippen LogP contribution is 2.17. The number of halogens is 3. The lowest BCUT2D eigenvalue weighted by Crippen LogP contribution is -2.49. The van der Waals surface area contributed by atoms with E-state index < -0.39 is 0 Å². The average Bonchev–Trinajstić information content (AvgIpc) is 2.31. The molecule has 1 atom stereocenters. The van der Waals surface area contributed by atoms with Crippen molar-refractivity contribution >= 4 is 34.2 Å².